The molecule has 11 heteroatoms. The van der Waals surface area contributed by atoms with Gasteiger partial charge in [0.25, 0.3) is 0 Å². The van der Waals surface area contributed by atoms with Crippen LogP contribution in [0.15, 0.2) is 66.9 Å². The normalized spacial score (nSPS) is 11.0. The van der Waals surface area contributed by atoms with Crippen molar-refractivity contribution in [2.45, 2.75) is 26.9 Å². The van der Waals surface area contributed by atoms with E-state index >= 15 is 0 Å². The first-order chi connectivity index (χ1) is 20.2. The first kappa shape index (κ1) is 30.5. The first-order valence-corrected chi connectivity index (χ1v) is 13.9. The van der Waals surface area contributed by atoms with Gasteiger partial charge in [0.05, 0.1) is 17.3 Å². The van der Waals surface area contributed by atoms with E-state index in [0.29, 0.717) is 39.8 Å². The molecule has 2 heterocycles. The molecule has 0 aliphatic heterocycles. The number of fused-ring (bicyclic) bond motifs is 1. The Morgan fingerprint density at radius 3 is 2.60 bits per heavy atom. The highest BCUT2D eigenvalue weighted by Crippen LogP contribution is 2.35. The van der Waals surface area contributed by atoms with Gasteiger partial charge in [0, 0.05) is 47.4 Å². The second-order valence-electron chi connectivity index (χ2n) is 9.31. The van der Waals surface area contributed by atoms with Crippen molar-refractivity contribution in [3.05, 3.63) is 93.7 Å². The number of nitrogens with one attached hydrogen (secondary N) is 2. The maximum Gasteiger partial charge on any atom is 0.246 e. The van der Waals surface area contributed by atoms with E-state index < -0.39 is 5.91 Å². The van der Waals surface area contributed by atoms with E-state index in [1.165, 1.54) is 17.2 Å². The summed E-state index contributed by atoms with van der Waals surface area (Å²) in [5.74, 6) is 0.0182. The van der Waals surface area contributed by atoms with Crippen LogP contribution in [-0.2, 0) is 21.0 Å². The SMILES string of the molecule is CCC(=O)Nc1ccc(/C=C/C(=O)NCC(=O)N(C)c2ccc(Cl)c(COc3cccc4ccc(C)nc34)c2Cl)cn1. The second-order valence-corrected chi connectivity index (χ2v) is 10.1. The molecule has 2 aromatic heterocycles. The van der Waals surface area contributed by atoms with Gasteiger partial charge in [-0.15, -0.1) is 0 Å². The zero-order valence-electron chi connectivity index (χ0n) is 23.3. The maximum absolute atomic E-state index is 12.9. The third-order valence-corrected chi connectivity index (χ3v) is 7.09. The van der Waals surface area contributed by atoms with Crippen LogP contribution in [0.2, 0.25) is 10.0 Å². The monoisotopic (exact) mass is 605 g/mol. The van der Waals surface area contributed by atoms with Gasteiger partial charge in [0.2, 0.25) is 17.7 Å². The average Bonchev–Trinajstić information content (AvgIpc) is 2.99. The lowest BCUT2D eigenvalue weighted by molar-refractivity contribution is -0.122. The number of anilines is 2. The Kier molecular flexibility index (Phi) is 10.1. The molecule has 4 rings (SSSR count). The number of benzene rings is 2. The van der Waals surface area contributed by atoms with E-state index in [0.717, 1.165) is 16.6 Å². The van der Waals surface area contributed by atoms with Crippen molar-refractivity contribution in [1.82, 2.24) is 15.3 Å². The van der Waals surface area contributed by atoms with Crippen LogP contribution in [0.1, 0.15) is 30.2 Å². The fourth-order valence-electron chi connectivity index (χ4n) is 3.92. The average molecular weight is 607 g/mol. The summed E-state index contributed by atoms with van der Waals surface area (Å²) in [6, 6.07) is 16.2. The third kappa shape index (κ3) is 7.63. The van der Waals surface area contributed by atoms with Gasteiger partial charge < -0.3 is 20.3 Å². The van der Waals surface area contributed by atoms with Gasteiger partial charge >= 0.3 is 0 Å². The Bertz CT molecular complexity index is 1660. The number of carbonyl (C=O) groups is 3. The van der Waals surface area contributed by atoms with Crippen LogP contribution in [0.5, 0.6) is 5.75 Å². The molecule has 0 aliphatic carbocycles. The highest BCUT2D eigenvalue weighted by atomic mass is 35.5. The van der Waals surface area contributed by atoms with Crippen LogP contribution in [0.3, 0.4) is 0 Å². The van der Waals surface area contributed by atoms with Crippen molar-refractivity contribution in [2.24, 2.45) is 0 Å². The first-order valence-electron chi connectivity index (χ1n) is 13.1. The van der Waals surface area contributed by atoms with Crippen LogP contribution >= 0.6 is 23.2 Å². The summed E-state index contributed by atoms with van der Waals surface area (Å²) < 4.78 is 6.07. The molecule has 0 saturated heterocycles. The van der Waals surface area contributed by atoms with Gasteiger partial charge in [-0.25, -0.2) is 9.97 Å². The number of nitrogens with zero attached hydrogens (tertiary/aromatic N) is 3. The van der Waals surface area contributed by atoms with E-state index in [9.17, 15) is 14.4 Å². The number of likely N-dealkylation sites (N-methyl/N-ethyl adjacent to an activating group) is 1. The number of amides is 3. The smallest absolute Gasteiger partial charge is 0.246 e. The fraction of sp³-hybridized carbons (Fsp3) is 0.194. The summed E-state index contributed by atoms with van der Waals surface area (Å²) in [4.78, 5) is 46.7. The number of para-hydroxylation sites is 1. The highest BCUT2D eigenvalue weighted by molar-refractivity contribution is 6.38. The number of aryl methyl sites for hydroxylation is 1. The fourth-order valence-corrected chi connectivity index (χ4v) is 4.52. The molecule has 0 unspecified atom stereocenters. The van der Waals surface area contributed by atoms with E-state index in [4.69, 9.17) is 27.9 Å². The lowest BCUT2D eigenvalue weighted by atomic mass is 10.1. The molecule has 0 atom stereocenters. The molecule has 2 N–H and O–H groups in total. The minimum absolute atomic E-state index is 0.0601. The number of carbonyl (C=O) groups excluding carboxylic acids is 3. The predicted molar refractivity (Wildman–Crippen MR) is 166 cm³/mol. The summed E-state index contributed by atoms with van der Waals surface area (Å²) >= 11 is 13.1. The molecule has 42 heavy (non-hydrogen) atoms. The number of hydrogen-bond acceptors (Lipinski definition) is 6. The predicted octanol–water partition coefficient (Wildman–Crippen LogP) is 5.96. The highest BCUT2D eigenvalue weighted by Gasteiger charge is 2.19. The topological polar surface area (TPSA) is 114 Å². The third-order valence-electron chi connectivity index (χ3n) is 6.31. The van der Waals surface area contributed by atoms with E-state index in [1.54, 1.807) is 44.3 Å². The quantitative estimate of drug-likeness (QED) is 0.215. The van der Waals surface area contributed by atoms with E-state index in [-0.39, 0.29) is 30.0 Å². The summed E-state index contributed by atoms with van der Waals surface area (Å²) in [7, 11) is 1.56. The molecular weight excluding hydrogens is 577 g/mol. The number of pyridine rings is 2. The Balaban J connectivity index is 1.37. The molecule has 0 spiro atoms. The van der Waals surface area contributed by atoms with Crippen molar-refractivity contribution in [3.63, 3.8) is 0 Å². The van der Waals surface area contributed by atoms with E-state index in [2.05, 4.69) is 20.6 Å². The molecule has 216 valence electrons. The van der Waals surface area contributed by atoms with Gasteiger partial charge in [-0.3, -0.25) is 14.4 Å². The van der Waals surface area contributed by atoms with Gasteiger partial charge in [-0.2, -0.15) is 0 Å². The van der Waals surface area contributed by atoms with Crippen molar-refractivity contribution in [3.8, 4) is 5.75 Å². The Morgan fingerprint density at radius 2 is 1.86 bits per heavy atom. The van der Waals surface area contributed by atoms with Crippen LogP contribution in [-0.4, -0.2) is 41.3 Å². The molecular formula is C31H29Cl2N5O4. The lowest BCUT2D eigenvalue weighted by Gasteiger charge is -2.21. The molecule has 4 aromatic rings. The molecule has 0 aliphatic rings. The second kappa shape index (κ2) is 13.9. The Hall–Kier alpha value is -4.47. The number of aromatic nitrogens is 2. The minimum atomic E-state index is -0.463. The number of ether oxygens (including phenoxy) is 1. The molecule has 0 radical (unpaired) electrons. The molecule has 0 fully saturated rings. The summed E-state index contributed by atoms with van der Waals surface area (Å²) in [6.07, 6.45) is 4.72. The van der Waals surface area contributed by atoms with Crippen LogP contribution < -0.4 is 20.3 Å². The minimum Gasteiger partial charge on any atom is -0.487 e. The Labute approximate surface area is 253 Å². The zero-order valence-corrected chi connectivity index (χ0v) is 24.8. The van der Waals surface area contributed by atoms with Gasteiger partial charge in [-0.05, 0) is 55.0 Å². The van der Waals surface area contributed by atoms with Gasteiger partial charge in [0.15, 0.2) is 0 Å². The summed E-state index contributed by atoms with van der Waals surface area (Å²) in [6.45, 7) is 3.46. The number of halogens is 2. The molecule has 0 saturated carbocycles. The molecule has 0 bridgehead atoms. The number of rotatable bonds is 10. The summed E-state index contributed by atoms with van der Waals surface area (Å²) in [5, 5.41) is 6.82. The van der Waals surface area contributed by atoms with Crippen LogP contribution in [0.4, 0.5) is 11.5 Å². The van der Waals surface area contributed by atoms with Crippen molar-refractivity contribution in [2.75, 3.05) is 23.8 Å². The van der Waals surface area contributed by atoms with Crippen molar-refractivity contribution in [1.29, 1.82) is 0 Å². The molecule has 2 aromatic carbocycles. The summed E-state index contributed by atoms with van der Waals surface area (Å²) in [5.41, 5.74) is 3.18. The van der Waals surface area contributed by atoms with Crippen LogP contribution in [0.25, 0.3) is 17.0 Å². The number of hydrogen-bond donors (Lipinski definition) is 2. The van der Waals surface area contributed by atoms with Crippen LogP contribution in [0, 0.1) is 6.92 Å². The van der Waals surface area contributed by atoms with Gasteiger partial charge in [0.1, 0.15) is 23.7 Å². The van der Waals surface area contributed by atoms with Crippen molar-refractivity contribution >= 4 is 69.4 Å². The van der Waals surface area contributed by atoms with Crippen molar-refractivity contribution < 1.29 is 19.1 Å². The molecule has 3 amide bonds. The molecule has 9 nitrogen and oxygen atoms in total. The largest absolute Gasteiger partial charge is 0.487 e. The lowest BCUT2D eigenvalue weighted by Crippen LogP contribution is -2.37. The van der Waals surface area contributed by atoms with Gasteiger partial charge in [-0.1, -0.05) is 48.3 Å². The van der Waals surface area contributed by atoms with E-state index in [1.807, 2.05) is 37.3 Å². The standard InChI is InChI=1S/C31H29Cl2N5O4/c1-4-27(39)37-26-14-9-20(16-34-26)10-15-28(40)35-17-29(41)38(3)24-13-12-23(32)22(30(24)33)18-42-25-7-5-6-21-11-8-19(2)36-31(21)25/h5-16H,4,17-18H2,1-3H3,(H,35,40)(H,34,37,39)/b15-10+. The zero-order chi connectivity index (χ0) is 30.2. The Morgan fingerprint density at radius 1 is 1.05 bits per heavy atom. The maximum atomic E-state index is 12.9.